The lowest BCUT2D eigenvalue weighted by molar-refractivity contribution is -0.127. The van der Waals surface area contributed by atoms with Gasteiger partial charge in [0.05, 0.1) is 6.54 Å². The normalized spacial score (nSPS) is 11.2. The molecule has 19 heavy (non-hydrogen) atoms. The monoisotopic (exact) mass is 259 g/mol. The van der Waals surface area contributed by atoms with Crippen molar-refractivity contribution in [3.8, 4) is 18.1 Å². The van der Waals surface area contributed by atoms with E-state index in [0.29, 0.717) is 12.2 Å². The van der Waals surface area contributed by atoms with Gasteiger partial charge in [-0.25, -0.2) is 0 Å². The van der Waals surface area contributed by atoms with Crippen LogP contribution in [0.2, 0.25) is 0 Å². The average molecular weight is 259 g/mol. The summed E-state index contributed by atoms with van der Waals surface area (Å²) in [6.45, 7) is 3.38. The molecule has 1 unspecified atom stereocenters. The Hall–Kier alpha value is -2.28. The zero-order valence-electron chi connectivity index (χ0n) is 11.1. The van der Waals surface area contributed by atoms with Gasteiger partial charge in [0, 0.05) is 6.42 Å². The lowest BCUT2D eigenvalue weighted by Crippen LogP contribution is -2.36. The molecule has 1 aromatic rings. The largest absolute Gasteiger partial charge is 0.481 e. The van der Waals surface area contributed by atoms with Gasteiger partial charge in [-0.2, -0.15) is 0 Å². The van der Waals surface area contributed by atoms with E-state index >= 15 is 0 Å². The van der Waals surface area contributed by atoms with Crippen LogP contribution < -0.4 is 10.1 Å². The third-order valence-corrected chi connectivity index (χ3v) is 2.42. The van der Waals surface area contributed by atoms with Crippen LogP contribution in [-0.4, -0.2) is 24.3 Å². The maximum absolute atomic E-state index is 11.5. The first-order valence-corrected chi connectivity index (χ1v) is 5.99. The Morgan fingerprint density at radius 3 is 2.53 bits per heavy atom. The molecular formula is C15H17NO3. The highest BCUT2D eigenvalue weighted by atomic mass is 16.5. The van der Waals surface area contributed by atoms with Gasteiger partial charge in [0.2, 0.25) is 0 Å². The first-order chi connectivity index (χ1) is 9.02. The number of ketones is 1. The highest BCUT2D eigenvalue weighted by Crippen LogP contribution is 2.14. The molecule has 1 atom stereocenters. The molecule has 0 saturated carbocycles. The van der Waals surface area contributed by atoms with Crippen molar-refractivity contribution < 1.29 is 14.3 Å². The van der Waals surface area contributed by atoms with E-state index in [-0.39, 0.29) is 18.2 Å². The maximum Gasteiger partial charge on any atom is 0.261 e. The summed E-state index contributed by atoms with van der Waals surface area (Å²) < 4.78 is 5.47. The Labute approximate surface area is 113 Å². The number of Topliss-reactive ketones (excluding diaryl/α,β-unsaturated/α-hetero) is 1. The number of benzene rings is 1. The van der Waals surface area contributed by atoms with Gasteiger partial charge in [0.15, 0.2) is 6.10 Å². The summed E-state index contributed by atoms with van der Waals surface area (Å²) >= 11 is 0. The smallest absolute Gasteiger partial charge is 0.261 e. The fourth-order valence-electron chi connectivity index (χ4n) is 1.51. The quantitative estimate of drug-likeness (QED) is 0.784. The van der Waals surface area contributed by atoms with Crippen LogP contribution in [0.25, 0.3) is 0 Å². The molecular weight excluding hydrogens is 242 g/mol. The molecule has 1 amide bonds. The number of nitrogens with one attached hydrogen (secondary N) is 1. The van der Waals surface area contributed by atoms with Crippen LogP contribution in [0.4, 0.5) is 0 Å². The van der Waals surface area contributed by atoms with Crippen LogP contribution in [0.15, 0.2) is 24.3 Å². The molecule has 0 aliphatic heterocycles. The Kier molecular flexibility index (Phi) is 5.62. The molecule has 0 bridgehead atoms. The number of hydrogen-bond acceptors (Lipinski definition) is 3. The molecule has 0 fully saturated rings. The van der Waals surface area contributed by atoms with Gasteiger partial charge in [-0.15, -0.1) is 6.42 Å². The van der Waals surface area contributed by atoms with E-state index in [9.17, 15) is 9.59 Å². The zero-order chi connectivity index (χ0) is 14.3. The lowest BCUT2D eigenvalue weighted by atomic mass is 10.1. The van der Waals surface area contributed by atoms with Gasteiger partial charge < -0.3 is 10.1 Å². The molecule has 4 nitrogen and oxygen atoms in total. The number of hydrogen-bond donors (Lipinski definition) is 1. The fraction of sp³-hybridized carbons (Fsp3) is 0.333. The minimum absolute atomic E-state index is 0.107. The van der Waals surface area contributed by atoms with Gasteiger partial charge in [-0.3, -0.25) is 9.59 Å². The predicted octanol–water partition coefficient (Wildman–Crippen LogP) is 1.33. The van der Waals surface area contributed by atoms with E-state index in [1.165, 1.54) is 0 Å². The summed E-state index contributed by atoms with van der Waals surface area (Å²) in [6.07, 6.45) is 4.84. The van der Waals surface area contributed by atoms with Gasteiger partial charge >= 0.3 is 0 Å². The molecule has 1 rings (SSSR count). The van der Waals surface area contributed by atoms with Crippen LogP contribution in [0, 0.1) is 12.3 Å². The summed E-state index contributed by atoms with van der Waals surface area (Å²) in [6, 6.07) is 7.10. The number of carbonyl (C=O) groups excluding carboxylic acids is 2. The van der Waals surface area contributed by atoms with E-state index in [1.54, 1.807) is 26.0 Å². The Morgan fingerprint density at radius 2 is 2.00 bits per heavy atom. The predicted molar refractivity (Wildman–Crippen MR) is 72.8 cm³/mol. The molecule has 0 spiro atoms. The maximum atomic E-state index is 11.5. The second-order valence-corrected chi connectivity index (χ2v) is 4.20. The Balaban J connectivity index is 2.55. The lowest BCUT2D eigenvalue weighted by Gasteiger charge is -2.14. The molecule has 0 aliphatic rings. The molecule has 1 aromatic carbocycles. The highest BCUT2D eigenvalue weighted by molar-refractivity contribution is 5.81. The summed E-state index contributed by atoms with van der Waals surface area (Å²) in [4.78, 5) is 22.5. The van der Waals surface area contributed by atoms with Crippen LogP contribution in [0.1, 0.15) is 19.4 Å². The van der Waals surface area contributed by atoms with Crippen molar-refractivity contribution >= 4 is 11.7 Å². The first-order valence-electron chi connectivity index (χ1n) is 5.99. The van der Waals surface area contributed by atoms with Crippen molar-refractivity contribution in [1.29, 1.82) is 0 Å². The molecule has 0 aromatic heterocycles. The molecule has 1 N–H and O–H groups in total. The van der Waals surface area contributed by atoms with Crippen molar-refractivity contribution in [1.82, 2.24) is 5.32 Å². The molecule has 0 aliphatic carbocycles. The Bertz CT molecular complexity index is 485. The van der Waals surface area contributed by atoms with Gasteiger partial charge in [-0.1, -0.05) is 18.1 Å². The third kappa shape index (κ3) is 5.26. The first kappa shape index (κ1) is 14.8. The van der Waals surface area contributed by atoms with E-state index in [0.717, 1.165) is 5.56 Å². The van der Waals surface area contributed by atoms with E-state index < -0.39 is 6.10 Å². The van der Waals surface area contributed by atoms with Crippen molar-refractivity contribution in [2.75, 3.05) is 6.54 Å². The van der Waals surface area contributed by atoms with E-state index in [1.807, 2.05) is 12.1 Å². The standard InChI is InChI=1S/C15H17NO3/c1-4-9-16-15(18)12(3)19-14-7-5-13(6-8-14)10-11(2)17/h1,5-8,12H,9-10H2,2-3H3,(H,16,18). The SMILES string of the molecule is C#CCNC(=O)C(C)Oc1ccc(CC(C)=O)cc1. The van der Waals surface area contributed by atoms with Crippen LogP contribution >= 0.6 is 0 Å². The van der Waals surface area contributed by atoms with Crippen LogP contribution in [-0.2, 0) is 16.0 Å². The number of rotatable bonds is 6. The summed E-state index contributed by atoms with van der Waals surface area (Å²) in [7, 11) is 0. The molecule has 4 heteroatoms. The van der Waals surface area contributed by atoms with Crippen molar-refractivity contribution in [2.24, 2.45) is 0 Å². The molecule has 0 saturated heterocycles. The minimum atomic E-state index is -0.619. The summed E-state index contributed by atoms with van der Waals surface area (Å²) in [5.41, 5.74) is 0.921. The van der Waals surface area contributed by atoms with E-state index in [4.69, 9.17) is 11.2 Å². The number of ether oxygens (including phenoxy) is 1. The number of terminal acetylenes is 1. The summed E-state index contributed by atoms with van der Waals surface area (Å²) in [5, 5.41) is 2.55. The third-order valence-electron chi connectivity index (χ3n) is 2.42. The fourth-order valence-corrected chi connectivity index (χ4v) is 1.51. The molecule has 0 radical (unpaired) electrons. The molecule has 0 heterocycles. The average Bonchev–Trinajstić information content (AvgIpc) is 2.37. The minimum Gasteiger partial charge on any atom is -0.481 e. The van der Waals surface area contributed by atoms with Gasteiger partial charge in [0.25, 0.3) is 5.91 Å². The summed E-state index contributed by atoms with van der Waals surface area (Å²) in [5.74, 6) is 2.75. The van der Waals surface area contributed by atoms with E-state index in [2.05, 4.69) is 11.2 Å². The number of amides is 1. The topological polar surface area (TPSA) is 55.4 Å². The van der Waals surface area contributed by atoms with Gasteiger partial charge in [0.1, 0.15) is 11.5 Å². The van der Waals surface area contributed by atoms with Crippen LogP contribution in [0.3, 0.4) is 0 Å². The number of carbonyl (C=O) groups is 2. The van der Waals surface area contributed by atoms with Gasteiger partial charge in [-0.05, 0) is 31.5 Å². The second kappa shape index (κ2) is 7.22. The zero-order valence-corrected chi connectivity index (χ0v) is 11.1. The van der Waals surface area contributed by atoms with Crippen molar-refractivity contribution in [2.45, 2.75) is 26.4 Å². The van der Waals surface area contributed by atoms with Crippen molar-refractivity contribution in [3.63, 3.8) is 0 Å². The molecule has 100 valence electrons. The second-order valence-electron chi connectivity index (χ2n) is 4.20. The Morgan fingerprint density at radius 1 is 1.37 bits per heavy atom. The highest BCUT2D eigenvalue weighted by Gasteiger charge is 2.13. The van der Waals surface area contributed by atoms with Crippen molar-refractivity contribution in [3.05, 3.63) is 29.8 Å². The van der Waals surface area contributed by atoms with Crippen LogP contribution in [0.5, 0.6) is 5.75 Å².